The molecule has 27 heavy (non-hydrogen) atoms. The van der Waals surface area contributed by atoms with Gasteiger partial charge in [0, 0.05) is 23.7 Å². The molecule has 2 aromatic rings. The smallest absolute Gasteiger partial charge is 0.124 e. The Morgan fingerprint density at radius 3 is 2.37 bits per heavy atom. The molecule has 0 aromatic heterocycles. The molecule has 0 heterocycles. The number of aliphatic hydroxyl groups is 1. The fourth-order valence-corrected chi connectivity index (χ4v) is 2.63. The molecule has 152 valence electrons. The van der Waals surface area contributed by atoms with Crippen LogP contribution >= 0.6 is 36.4 Å². The molecule has 0 aliphatic carbocycles. The molecule has 3 N–H and O–H groups in total. The largest absolute Gasteiger partial charge is 0.489 e. The maximum Gasteiger partial charge on any atom is 0.124 e. The summed E-state index contributed by atoms with van der Waals surface area (Å²) >= 11 is 6.13. The van der Waals surface area contributed by atoms with Gasteiger partial charge in [-0.05, 0) is 50.2 Å². The number of benzene rings is 2. The van der Waals surface area contributed by atoms with Crippen molar-refractivity contribution in [3.63, 3.8) is 0 Å². The zero-order chi connectivity index (χ0) is 17.9. The van der Waals surface area contributed by atoms with E-state index in [1.807, 2.05) is 18.2 Å². The summed E-state index contributed by atoms with van der Waals surface area (Å²) in [4.78, 5) is 0. The van der Waals surface area contributed by atoms with Crippen LogP contribution in [0.25, 0.3) is 0 Å². The van der Waals surface area contributed by atoms with Crippen molar-refractivity contribution in [1.82, 2.24) is 10.6 Å². The molecule has 4 nitrogen and oxygen atoms in total. The molecule has 0 atom stereocenters. The highest BCUT2D eigenvalue weighted by molar-refractivity contribution is 6.30. The number of aryl methyl sites for hydroxylation is 1. The van der Waals surface area contributed by atoms with Crippen LogP contribution in [-0.4, -0.2) is 31.3 Å². The predicted molar refractivity (Wildman–Crippen MR) is 118 cm³/mol. The van der Waals surface area contributed by atoms with Crippen molar-refractivity contribution in [3.05, 3.63) is 64.2 Å². The third-order valence-electron chi connectivity index (χ3n) is 3.85. The lowest BCUT2D eigenvalue weighted by Gasteiger charge is -2.13. The molecule has 0 amide bonds. The zero-order valence-corrected chi connectivity index (χ0v) is 17.9. The Morgan fingerprint density at radius 1 is 0.963 bits per heavy atom. The zero-order valence-electron chi connectivity index (χ0n) is 15.5. The monoisotopic (exact) mass is 434 g/mol. The van der Waals surface area contributed by atoms with Gasteiger partial charge in [-0.25, -0.2) is 0 Å². The van der Waals surface area contributed by atoms with Crippen LogP contribution in [0, 0.1) is 6.92 Å². The summed E-state index contributed by atoms with van der Waals surface area (Å²) in [5.74, 6) is 0.857. The van der Waals surface area contributed by atoms with E-state index >= 15 is 0 Å². The van der Waals surface area contributed by atoms with Crippen LogP contribution in [0.4, 0.5) is 0 Å². The number of rotatable bonds is 11. The lowest BCUT2D eigenvalue weighted by Crippen LogP contribution is -2.24. The second-order valence-corrected chi connectivity index (χ2v) is 6.47. The normalized spacial score (nSPS) is 10.0. The van der Waals surface area contributed by atoms with E-state index in [9.17, 15) is 0 Å². The van der Waals surface area contributed by atoms with Crippen molar-refractivity contribution in [2.75, 3.05) is 26.2 Å². The van der Waals surface area contributed by atoms with Crippen molar-refractivity contribution in [2.45, 2.75) is 26.5 Å². The quantitative estimate of drug-likeness (QED) is 0.464. The van der Waals surface area contributed by atoms with E-state index in [0.717, 1.165) is 36.4 Å². The first-order chi connectivity index (χ1) is 12.2. The molecule has 0 saturated heterocycles. The molecule has 0 spiro atoms. The molecule has 0 aliphatic rings. The summed E-state index contributed by atoms with van der Waals surface area (Å²) in [7, 11) is 0. The number of ether oxygens (including phenoxy) is 1. The van der Waals surface area contributed by atoms with Gasteiger partial charge in [0.15, 0.2) is 0 Å². The van der Waals surface area contributed by atoms with E-state index in [2.05, 4.69) is 41.8 Å². The van der Waals surface area contributed by atoms with Gasteiger partial charge in [0.05, 0.1) is 6.61 Å². The van der Waals surface area contributed by atoms with Crippen molar-refractivity contribution < 1.29 is 9.84 Å². The molecule has 7 heteroatoms. The summed E-state index contributed by atoms with van der Waals surface area (Å²) in [5, 5.41) is 16.0. The van der Waals surface area contributed by atoms with Crippen LogP contribution in [0.3, 0.4) is 0 Å². The number of nitrogens with one attached hydrogen (secondary N) is 2. The van der Waals surface area contributed by atoms with Gasteiger partial charge >= 0.3 is 0 Å². The predicted octanol–water partition coefficient (Wildman–Crippen LogP) is 4.13. The summed E-state index contributed by atoms with van der Waals surface area (Å²) in [5.41, 5.74) is 3.45. The van der Waals surface area contributed by atoms with Gasteiger partial charge in [0.1, 0.15) is 12.4 Å². The van der Waals surface area contributed by atoms with E-state index in [4.69, 9.17) is 21.4 Å². The molecule has 0 bridgehead atoms. The number of hydrogen-bond donors (Lipinski definition) is 3. The highest BCUT2D eigenvalue weighted by atomic mass is 35.5. The third kappa shape index (κ3) is 10.2. The van der Waals surface area contributed by atoms with Gasteiger partial charge in [-0.3, -0.25) is 0 Å². The molecule has 2 aromatic carbocycles. The summed E-state index contributed by atoms with van der Waals surface area (Å²) in [6, 6.07) is 14.1. The topological polar surface area (TPSA) is 53.5 Å². The summed E-state index contributed by atoms with van der Waals surface area (Å²) in [6.07, 6.45) is 1.00. The van der Waals surface area contributed by atoms with E-state index in [1.54, 1.807) is 0 Å². The van der Waals surface area contributed by atoms with Crippen LogP contribution in [-0.2, 0) is 13.2 Å². The number of aliphatic hydroxyl groups excluding tert-OH is 1. The first kappa shape index (κ1) is 26.0. The van der Waals surface area contributed by atoms with Gasteiger partial charge in [0.25, 0.3) is 0 Å². The van der Waals surface area contributed by atoms with Crippen LogP contribution in [0.5, 0.6) is 5.75 Å². The highest BCUT2D eigenvalue weighted by Gasteiger charge is 2.05. The molecule has 0 radical (unpaired) electrons. The maximum absolute atomic E-state index is 8.72. The Kier molecular flexibility index (Phi) is 14.4. The van der Waals surface area contributed by atoms with Crippen LogP contribution in [0.15, 0.2) is 42.5 Å². The average molecular weight is 436 g/mol. The van der Waals surface area contributed by atoms with Crippen LogP contribution in [0.2, 0.25) is 5.02 Å². The fourth-order valence-electron chi connectivity index (χ4n) is 2.44. The van der Waals surface area contributed by atoms with E-state index in [-0.39, 0.29) is 31.4 Å². The van der Waals surface area contributed by atoms with Gasteiger partial charge < -0.3 is 20.5 Å². The standard InChI is InChI=1S/C20H27ClN2O2.2ClH/c1-16-3-5-17(6-4-16)15-25-20-8-7-19(21)13-18(20)14-23-10-2-9-22-11-12-24;;/h3-8,13,22-24H,2,9-12,14-15H2,1H3;2*1H. The SMILES string of the molecule is Cc1ccc(COc2ccc(Cl)cc2CNCCCNCCO)cc1.Cl.Cl. The molecular weight excluding hydrogens is 407 g/mol. The van der Waals surface area contributed by atoms with Crippen LogP contribution < -0.4 is 15.4 Å². The first-order valence-corrected chi connectivity index (χ1v) is 9.06. The summed E-state index contributed by atoms with van der Waals surface area (Å²) in [6.45, 7) is 5.93. The Bertz CT molecular complexity index is 640. The second kappa shape index (κ2) is 15.0. The molecular formula is C20H29Cl3N2O2. The first-order valence-electron chi connectivity index (χ1n) is 8.68. The van der Waals surface area contributed by atoms with Crippen LogP contribution in [0.1, 0.15) is 23.1 Å². The minimum Gasteiger partial charge on any atom is -0.489 e. The van der Waals surface area contributed by atoms with Crippen molar-refractivity contribution in [2.24, 2.45) is 0 Å². The summed E-state index contributed by atoms with van der Waals surface area (Å²) < 4.78 is 5.99. The van der Waals surface area contributed by atoms with E-state index in [1.165, 1.54) is 5.56 Å². The lowest BCUT2D eigenvalue weighted by atomic mass is 10.1. The van der Waals surface area contributed by atoms with Gasteiger partial charge in [-0.2, -0.15) is 0 Å². The Balaban J connectivity index is 0.00000338. The minimum atomic E-state index is 0. The van der Waals surface area contributed by atoms with Crippen molar-refractivity contribution in [1.29, 1.82) is 0 Å². The molecule has 0 saturated carbocycles. The van der Waals surface area contributed by atoms with Crippen molar-refractivity contribution >= 4 is 36.4 Å². The Morgan fingerprint density at radius 2 is 1.67 bits per heavy atom. The van der Waals surface area contributed by atoms with E-state index < -0.39 is 0 Å². The third-order valence-corrected chi connectivity index (χ3v) is 4.08. The lowest BCUT2D eigenvalue weighted by molar-refractivity contribution is 0.292. The van der Waals surface area contributed by atoms with Crippen molar-refractivity contribution in [3.8, 4) is 5.75 Å². The average Bonchev–Trinajstić information content (AvgIpc) is 2.61. The Hall–Kier alpha value is -1.01. The molecule has 0 aliphatic heterocycles. The van der Waals surface area contributed by atoms with Gasteiger partial charge in [-0.15, -0.1) is 24.8 Å². The number of halogens is 3. The van der Waals surface area contributed by atoms with E-state index in [0.29, 0.717) is 24.7 Å². The fraction of sp³-hybridized carbons (Fsp3) is 0.400. The second-order valence-electron chi connectivity index (χ2n) is 6.03. The highest BCUT2D eigenvalue weighted by Crippen LogP contribution is 2.24. The Labute approximate surface area is 179 Å². The number of hydrogen-bond acceptors (Lipinski definition) is 4. The molecule has 0 fully saturated rings. The molecule has 0 unspecified atom stereocenters. The maximum atomic E-state index is 8.72. The van der Waals surface area contributed by atoms with Gasteiger partial charge in [0.2, 0.25) is 0 Å². The minimum absolute atomic E-state index is 0. The molecule has 2 rings (SSSR count). The van der Waals surface area contributed by atoms with Gasteiger partial charge in [-0.1, -0.05) is 41.4 Å².